The van der Waals surface area contributed by atoms with Crippen LogP contribution in [-0.4, -0.2) is 18.1 Å². The van der Waals surface area contributed by atoms with Crippen molar-refractivity contribution in [3.63, 3.8) is 0 Å². The maximum absolute atomic E-state index is 13.4. The van der Waals surface area contributed by atoms with Crippen LogP contribution in [0.5, 0.6) is 0 Å². The van der Waals surface area contributed by atoms with Gasteiger partial charge >= 0.3 is 12.4 Å². The van der Waals surface area contributed by atoms with Gasteiger partial charge in [0.25, 0.3) is 0 Å². The lowest BCUT2D eigenvalue weighted by atomic mass is 9.96. The van der Waals surface area contributed by atoms with Crippen molar-refractivity contribution < 1.29 is 35.5 Å². The van der Waals surface area contributed by atoms with Crippen molar-refractivity contribution in [2.45, 2.75) is 12.4 Å². The van der Waals surface area contributed by atoms with Crippen LogP contribution in [0.25, 0.3) is 0 Å². The molecule has 1 aromatic rings. The Morgan fingerprint density at radius 1 is 1.10 bits per heavy atom. The average Bonchev–Trinajstić information content (AvgIpc) is 2.18. The summed E-state index contributed by atoms with van der Waals surface area (Å²) in [6, 6.07) is 0.924. The third kappa shape index (κ3) is 3.63. The number of carbonyl (C=O) groups is 1. The molecule has 0 bridgehead atoms. The van der Waals surface area contributed by atoms with Crippen molar-refractivity contribution >= 4 is 33.3 Å². The van der Waals surface area contributed by atoms with Crippen molar-refractivity contribution in [1.82, 2.24) is 0 Å². The molecule has 0 aliphatic heterocycles. The van der Waals surface area contributed by atoms with E-state index in [-0.39, 0.29) is 4.47 Å². The molecule has 0 atom stereocenters. The van der Waals surface area contributed by atoms with E-state index in [0.717, 1.165) is 0 Å². The lowest BCUT2D eigenvalue weighted by Gasteiger charge is -2.22. The van der Waals surface area contributed by atoms with Gasteiger partial charge in [0, 0.05) is 4.47 Å². The molecular formula is C10H3BrClF7O. The first-order chi connectivity index (χ1) is 8.85. The number of Topliss-reactive ketones (excluding diaryl/α,β-unsaturated/α-hetero) is 1. The Kier molecular flexibility index (Phi) is 4.75. The zero-order valence-corrected chi connectivity index (χ0v) is 11.4. The molecular weight excluding hydrogens is 384 g/mol. The highest BCUT2D eigenvalue weighted by molar-refractivity contribution is 9.10. The Morgan fingerprint density at radius 3 is 1.95 bits per heavy atom. The fraction of sp³-hybridized carbons (Fsp3) is 0.300. The van der Waals surface area contributed by atoms with Gasteiger partial charge < -0.3 is 0 Å². The molecule has 0 radical (unpaired) electrons. The number of hydrogen-bond acceptors (Lipinski definition) is 1. The van der Waals surface area contributed by atoms with Gasteiger partial charge in [-0.15, -0.1) is 0 Å². The summed E-state index contributed by atoms with van der Waals surface area (Å²) in [7, 11) is 0. The van der Waals surface area contributed by atoms with Crippen LogP contribution in [0.4, 0.5) is 30.7 Å². The molecule has 112 valence electrons. The lowest BCUT2D eigenvalue weighted by Crippen LogP contribution is -2.42. The predicted octanol–water partition coefficient (Wildman–Crippen LogP) is 5.17. The molecule has 0 fully saturated rings. The third-order valence-corrected chi connectivity index (χ3v) is 3.39. The number of ketones is 1. The molecule has 10 heteroatoms. The highest BCUT2D eigenvalue weighted by atomic mass is 79.9. The average molecular weight is 387 g/mol. The normalized spacial score (nSPS) is 12.9. The summed E-state index contributed by atoms with van der Waals surface area (Å²) in [5, 5.41) is -0.391. The predicted molar refractivity (Wildman–Crippen MR) is 59.0 cm³/mol. The third-order valence-electron chi connectivity index (χ3n) is 2.19. The van der Waals surface area contributed by atoms with Gasteiger partial charge in [-0.1, -0.05) is 11.6 Å². The molecule has 0 aromatic heterocycles. The summed E-state index contributed by atoms with van der Waals surface area (Å²) in [6.45, 7) is 0. The van der Waals surface area contributed by atoms with Gasteiger partial charge in [0.2, 0.25) is 5.92 Å². The first-order valence-corrected chi connectivity index (χ1v) is 5.85. The molecule has 0 saturated carbocycles. The van der Waals surface area contributed by atoms with Crippen LogP contribution < -0.4 is 0 Å². The molecule has 0 heterocycles. The van der Waals surface area contributed by atoms with Gasteiger partial charge in [0.15, 0.2) is 5.78 Å². The van der Waals surface area contributed by atoms with Gasteiger partial charge in [-0.25, -0.2) is 4.39 Å². The van der Waals surface area contributed by atoms with Crippen LogP contribution in [0.3, 0.4) is 0 Å². The van der Waals surface area contributed by atoms with E-state index in [1.165, 1.54) is 0 Å². The van der Waals surface area contributed by atoms with E-state index in [0.29, 0.717) is 12.1 Å². The summed E-state index contributed by atoms with van der Waals surface area (Å²) in [4.78, 5) is 11.4. The summed E-state index contributed by atoms with van der Waals surface area (Å²) in [5.41, 5.74) is -1.38. The van der Waals surface area contributed by atoms with Gasteiger partial charge in [0.1, 0.15) is 5.82 Å². The maximum Gasteiger partial charge on any atom is 0.407 e. The van der Waals surface area contributed by atoms with E-state index in [2.05, 4.69) is 15.9 Å². The highest BCUT2D eigenvalue weighted by Crippen LogP contribution is 2.42. The van der Waals surface area contributed by atoms with Crippen LogP contribution in [-0.2, 0) is 0 Å². The molecule has 0 spiro atoms. The van der Waals surface area contributed by atoms with Crippen LogP contribution in [0.15, 0.2) is 16.6 Å². The lowest BCUT2D eigenvalue weighted by molar-refractivity contribution is -0.264. The maximum atomic E-state index is 13.4. The minimum atomic E-state index is -5.89. The first kappa shape index (κ1) is 17.2. The highest BCUT2D eigenvalue weighted by Gasteiger charge is 2.61. The van der Waals surface area contributed by atoms with Crippen molar-refractivity contribution in [2.24, 2.45) is 5.92 Å². The SMILES string of the molecule is O=C(c1cc(Cl)c(Br)cc1F)C(C(F)(F)F)C(F)(F)F. The molecule has 20 heavy (non-hydrogen) atoms. The second-order valence-corrected chi connectivity index (χ2v) is 4.89. The Balaban J connectivity index is 3.38. The van der Waals surface area contributed by atoms with Crippen LogP contribution in [0, 0.1) is 11.7 Å². The molecule has 0 N–H and O–H groups in total. The van der Waals surface area contributed by atoms with Gasteiger partial charge in [0.05, 0.1) is 10.6 Å². The Bertz CT molecular complexity index is 524. The second kappa shape index (κ2) is 5.51. The summed E-state index contributed by atoms with van der Waals surface area (Å²) in [5.74, 6) is -8.29. The monoisotopic (exact) mass is 386 g/mol. The molecule has 0 saturated heterocycles. The van der Waals surface area contributed by atoms with E-state index < -0.39 is 40.5 Å². The Morgan fingerprint density at radius 2 is 1.55 bits per heavy atom. The van der Waals surface area contributed by atoms with E-state index in [9.17, 15) is 35.5 Å². The summed E-state index contributed by atoms with van der Waals surface area (Å²) >= 11 is 8.15. The number of alkyl halides is 6. The number of halogens is 9. The minimum absolute atomic E-state index is 0.108. The number of hydrogen-bond donors (Lipinski definition) is 0. The second-order valence-electron chi connectivity index (χ2n) is 3.63. The van der Waals surface area contributed by atoms with E-state index in [4.69, 9.17) is 11.6 Å². The van der Waals surface area contributed by atoms with Crippen molar-refractivity contribution in [2.75, 3.05) is 0 Å². The molecule has 1 aromatic carbocycles. The van der Waals surface area contributed by atoms with E-state index in [1.54, 1.807) is 0 Å². The Hall–Kier alpha value is -0.830. The molecule has 0 aliphatic rings. The first-order valence-electron chi connectivity index (χ1n) is 4.68. The van der Waals surface area contributed by atoms with Crippen molar-refractivity contribution in [3.8, 4) is 0 Å². The van der Waals surface area contributed by atoms with Crippen LogP contribution in [0.2, 0.25) is 5.02 Å². The zero-order chi connectivity index (χ0) is 15.9. The summed E-state index contributed by atoms with van der Waals surface area (Å²) < 4.78 is 87.4. The smallest absolute Gasteiger partial charge is 0.293 e. The molecule has 0 aliphatic carbocycles. The topological polar surface area (TPSA) is 17.1 Å². The van der Waals surface area contributed by atoms with Gasteiger partial charge in [-0.2, -0.15) is 26.3 Å². The largest absolute Gasteiger partial charge is 0.407 e. The van der Waals surface area contributed by atoms with Crippen LogP contribution in [0.1, 0.15) is 10.4 Å². The van der Waals surface area contributed by atoms with E-state index >= 15 is 0 Å². The number of carbonyl (C=O) groups excluding carboxylic acids is 1. The number of benzene rings is 1. The molecule has 0 unspecified atom stereocenters. The Labute approximate surface area is 120 Å². The van der Waals surface area contributed by atoms with Gasteiger partial charge in [-0.3, -0.25) is 4.79 Å². The van der Waals surface area contributed by atoms with Crippen molar-refractivity contribution in [1.29, 1.82) is 0 Å². The molecule has 1 rings (SSSR count). The van der Waals surface area contributed by atoms with Crippen molar-refractivity contribution in [3.05, 3.63) is 33.0 Å². The standard InChI is InChI=1S/C10H3BrClF7O/c11-4-2-6(13)3(1-5(4)12)7(20)8(9(14,15)16)10(17,18)19/h1-2,8H. The van der Waals surface area contributed by atoms with E-state index in [1.807, 2.05) is 0 Å². The van der Waals surface area contributed by atoms with Gasteiger partial charge in [-0.05, 0) is 28.1 Å². The minimum Gasteiger partial charge on any atom is -0.293 e. The number of rotatable bonds is 2. The van der Waals surface area contributed by atoms with Crippen LogP contribution >= 0.6 is 27.5 Å². The molecule has 0 amide bonds. The zero-order valence-electron chi connectivity index (χ0n) is 9.04. The fourth-order valence-corrected chi connectivity index (χ4v) is 1.83. The molecule has 1 nitrogen and oxygen atoms in total. The fourth-order valence-electron chi connectivity index (χ4n) is 1.35. The quantitative estimate of drug-likeness (QED) is 0.389. The summed E-state index contributed by atoms with van der Waals surface area (Å²) in [6.07, 6.45) is -11.8.